The van der Waals surface area contributed by atoms with E-state index < -0.39 is 0 Å². The van der Waals surface area contributed by atoms with Gasteiger partial charge in [0.2, 0.25) is 0 Å². The number of likely N-dealkylation sites (N-methyl/N-ethyl adjacent to an activating group) is 1. The lowest BCUT2D eigenvalue weighted by molar-refractivity contribution is 0.0510. The summed E-state index contributed by atoms with van der Waals surface area (Å²) in [5, 5.41) is 3.61. The maximum absolute atomic E-state index is 3.61. The second-order valence-electron chi connectivity index (χ2n) is 6.90. The number of nitrogens with one attached hydrogen (secondary N) is 1. The van der Waals surface area contributed by atoms with Gasteiger partial charge in [-0.25, -0.2) is 0 Å². The normalized spacial score (nSPS) is 33.7. The molecule has 3 aliphatic rings. The van der Waals surface area contributed by atoms with Crippen molar-refractivity contribution in [3.63, 3.8) is 0 Å². The van der Waals surface area contributed by atoms with Crippen LogP contribution in [0.3, 0.4) is 0 Å². The first kappa shape index (κ1) is 13.7. The Hall–Kier alpha value is -0.900. The molecule has 1 N–H and O–H groups in total. The summed E-state index contributed by atoms with van der Waals surface area (Å²) >= 11 is 0. The van der Waals surface area contributed by atoms with Crippen LogP contribution in [0, 0.1) is 0 Å². The van der Waals surface area contributed by atoms with Gasteiger partial charge in [-0.3, -0.25) is 9.80 Å². The molecule has 2 aliphatic heterocycles. The van der Waals surface area contributed by atoms with Crippen LogP contribution in [0.25, 0.3) is 0 Å². The van der Waals surface area contributed by atoms with E-state index in [1.54, 1.807) is 5.56 Å². The maximum atomic E-state index is 3.61. The van der Waals surface area contributed by atoms with Crippen molar-refractivity contribution in [3.05, 3.63) is 35.4 Å². The largest absolute Gasteiger partial charge is 0.312 e. The van der Waals surface area contributed by atoms with E-state index in [9.17, 15) is 0 Å². The minimum Gasteiger partial charge on any atom is -0.312 e. The van der Waals surface area contributed by atoms with Crippen LogP contribution < -0.4 is 5.32 Å². The van der Waals surface area contributed by atoms with Crippen molar-refractivity contribution < 1.29 is 0 Å². The summed E-state index contributed by atoms with van der Waals surface area (Å²) in [6, 6.07) is 11.0. The Kier molecular flexibility index (Phi) is 3.74. The molecule has 21 heavy (non-hydrogen) atoms. The molecule has 3 nitrogen and oxygen atoms in total. The average Bonchev–Trinajstić information content (AvgIpc) is 3.01. The number of piperazine rings is 1. The molecule has 2 fully saturated rings. The molecule has 0 amide bonds. The summed E-state index contributed by atoms with van der Waals surface area (Å²) in [6.45, 7) is 5.15. The van der Waals surface area contributed by atoms with Crippen LogP contribution in [0.15, 0.2) is 24.3 Å². The van der Waals surface area contributed by atoms with Crippen molar-refractivity contribution in [2.45, 2.75) is 43.8 Å². The molecule has 0 saturated carbocycles. The monoisotopic (exact) mass is 285 g/mol. The lowest BCUT2D eigenvalue weighted by Crippen LogP contribution is -2.56. The molecule has 0 aromatic heterocycles. The Labute approximate surface area is 128 Å². The number of hydrogen-bond acceptors (Lipinski definition) is 3. The van der Waals surface area contributed by atoms with Gasteiger partial charge in [-0.05, 0) is 50.4 Å². The summed E-state index contributed by atoms with van der Waals surface area (Å²) in [6.07, 6.45) is 5.35. The van der Waals surface area contributed by atoms with Crippen molar-refractivity contribution in [2.24, 2.45) is 0 Å². The van der Waals surface area contributed by atoms with E-state index >= 15 is 0 Å². The fraction of sp³-hybridized carbons (Fsp3) is 0.667. The topological polar surface area (TPSA) is 18.5 Å². The van der Waals surface area contributed by atoms with Crippen molar-refractivity contribution in [3.8, 4) is 0 Å². The quantitative estimate of drug-likeness (QED) is 0.897. The van der Waals surface area contributed by atoms with Gasteiger partial charge in [-0.2, -0.15) is 0 Å². The van der Waals surface area contributed by atoms with Gasteiger partial charge in [0.25, 0.3) is 0 Å². The first-order valence-electron chi connectivity index (χ1n) is 8.60. The van der Waals surface area contributed by atoms with Gasteiger partial charge < -0.3 is 5.32 Å². The standard InChI is InChI=1S/C18H27N3/c1-19-18-16-7-3-2-5-14(16)8-9-17(18)21-12-11-20-10-4-6-15(20)13-21/h2-3,5,7,15,17-19H,4,6,8-13H2,1H3. The third kappa shape index (κ3) is 2.41. The molecule has 0 spiro atoms. The molecule has 3 heteroatoms. The number of hydrogen-bond donors (Lipinski definition) is 1. The van der Waals surface area contributed by atoms with Crippen LogP contribution in [0.4, 0.5) is 0 Å². The van der Waals surface area contributed by atoms with Crippen LogP contribution in [-0.2, 0) is 6.42 Å². The number of nitrogens with zero attached hydrogens (tertiary/aromatic N) is 2. The van der Waals surface area contributed by atoms with Crippen LogP contribution in [0.2, 0.25) is 0 Å². The summed E-state index contributed by atoms with van der Waals surface area (Å²) in [4.78, 5) is 5.49. The average molecular weight is 285 g/mol. The molecule has 2 heterocycles. The van der Waals surface area contributed by atoms with E-state index in [0.717, 1.165) is 6.04 Å². The highest BCUT2D eigenvalue weighted by Crippen LogP contribution is 2.34. The van der Waals surface area contributed by atoms with E-state index in [-0.39, 0.29) is 0 Å². The van der Waals surface area contributed by atoms with Gasteiger partial charge in [-0.15, -0.1) is 0 Å². The van der Waals surface area contributed by atoms with Crippen molar-refractivity contribution in [1.29, 1.82) is 0 Å². The molecule has 2 saturated heterocycles. The van der Waals surface area contributed by atoms with Crippen LogP contribution >= 0.6 is 0 Å². The molecule has 1 aromatic carbocycles. The minimum atomic E-state index is 0.503. The molecular weight excluding hydrogens is 258 g/mol. The molecule has 114 valence electrons. The minimum absolute atomic E-state index is 0.503. The molecule has 0 radical (unpaired) electrons. The third-order valence-electron chi connectivity index (χ3n) is 5.88. The van der Waals surface area contributed by atoms with Crippen molar-refractivity contribution in [1.82, 2.24) is 15.1 Å². The summed E-state index contributed by atoms with van der Waals surface area (Å²) in [7, 11) is 2.13. The second-order valence-corrected chi connectivity index (χ2v) is 6.90. The predicted octanol–water partition coefficient (Wildman–Crippen LogP) is 2.04. The molecule has 0 bridgehead atoms. The van der Waals surface area contributed by atoms with Crippen LogP contribution in [0.1, 0.15) is 36.4 Å². The van der Waals surface area contributed by atoms with Gasteiger partial charge in [-0.1, -0.05) is 24.3 Å². The smallest absolute Gasteiger partial charge is 0.0478 e. The molecule has 1 aliphatic carbocycles. The summed E-state index contributed by atoms with van der Waals surface area (Å²) in [5.41, 5.74) is 3.08. The Balaban J connectivity index is 1.55. The Morgan fingerprint density at radius 1 is 1.05 bits per heavy atom. The lowest BCUT2D eigenvalue weighted by atomic mass is 9.83. The highest BCUT2D eigenvalue weighted by Gasteiger charge is 2.38. The SMILES string of the molecule is CNC1c2ccccc2CCC1N1CCN2CCCC2C1. The van der Waals surface area contributed by atoms with Crippen LogP contribution in [-0.4, -0.2) is 55.1 Å². The van der Waals surface area contributed by atoms with Gasteiger partial charge in [0.05, 0.1) is 0 Å². The predicted molar refractivity (Wildman–Crippen MR) is 86.5 cm³/mol. The Morgan fingerprint density at radius 2 is 1.90 bits per heavy atom. The molecule has 4 rings (SSSR count). The Morgan fingerprint density at radius 3 is 2.81 bits per heavy atom. The van der Waals surface area contributed by atoms with Crippen molar-refractivity contribution >= 4 is 0 Å². The molecule has 1 aromatic rings. The fourth-order valence-electron chi connectivity index (χ4n) is 4.80. The summed E-state index contributed by atoms with van der Waals surface area (Å²) in [5.74, 6) is 0. The van der Waals surface area contributed by atoms with E-state index in [0.29, 0.717) is 12.1 Å². The maximum Gasteiger partial charge on any atom is 0.0478 e. The Bertz CT molecular complexity index is 501. The fourth-order valence-corrected chi connectivity index (χ4v) is 4.80. The third-order valence-corrected chi connectivity index (χ3v) is 5.88. The number of fused-ring (bicyclic) bond motifs is 2. The lowest BCUT2D eigenvalue weighted by Gasteiger charge is -2.46. The number of benzene rings is 1. The zero-order valence-electron chi connectivity index (χ0n) is 13.1. The zero-order valence-corrected chi connectivity index (χ0v) is 13.1. The van der Waals surface area contributed by atoms with Gasteiger partial charge in [0.1, 0.15) is 0 Å². The summed E-state index contributed by atoms with van der Waals surface area (Å²) < 4.78 is 0. The molecular formula is C18H27N3. The second kappa shape index (κ2) is 5.71. The molecule has 3 unspecified atom stereocenters. The first-order valence-corrected chi connectivity index (χ1v) is 8.60. The van der Waals surface area contributed by atoms with Crippen molar-refractivity contribution in [2.75, 3.05) is 33.2 Å². The van der Waals surface area contributed by atoms with Gasteiger partial charge >= 0.3 is 0 Å². The van der Waals surface area contributed by atoms with E-state index in [1.165, 1.54) is 57.4 Å². The first-order chi connectivity index (χ1) is 10.4. The van der Waals surface area contributed by atoms with Gasteiger partial charge in [0, 0.05) is 37.8 Å². The highest BCUT2D eigenvalue weighted by atomic mass is 15.3. The number of rotatable bonds is 2. The highest BCUT2D eigenvalue weighted by molar-refractivity contribution is 5.34. The van der Waals surface area contributed by atoms with Crippen LogP contribution in [0.5, 0.6) is 0 Å². The van der Waals surface area contributed by atoms with E-state index in [2.05, 4.69) is 46.4 Å². The van der Waals surface area contributed by atoms with E-state index in [1.807, 2.05) is 0 Å². The zero-order chi connectivity index (χ0) is 14.2. The number of aryl methyl sites for hydroxylation is 1. The van der Waals surface area contributed by atoms with E-state index in [4.69, 9.17) is 0 Å². The molecule has 3 atom stereocenters. The van der Waals surface area contributed by atoms with Gasteiger partial charge in [0.15, 0.2) is 0 Å².